The number of nitrogens with one attached hydrogen (secondary N) is 2. The molecule has 0 aliphatic rings. The molecular formula is C25H27Cl2N3O5S2. The van der Waals surface area contributed by atoms with E-state index in [-0.39, 0.29) is 21.0 Å². The molecular weight excluding hydrogens is 557 g/mol. The molecule has 3 rings (SSSR count). The molecule has 198 valence electrons. The molecule has 0 bridgehead atoms. The van der Waals surface area contributed by atoms with Crippen LogP contribution < -0.4 is 14.3 Å². The zero-order valence-electron chi connectivity index (χ0n) is 20.6. The van der Waals surface area contributed by atoms with Crippen LogP contribution in [0.1, 0.15) is 26.3 Å². The number of carbonyl (C=O) groups is 1. The van der Waals surface area contributed by atoms with Gasteiger partial charge in [0.1, 0.15) is 6.54 Å². The number of sulfonamides is 2. The van der Waals surface area contributed by atoms with Gasteiger partial charge >= 0.3 is 0 Å². The van der Waals surface area contributed by atoms with E-state index in [1.54, 1.807) is 12.1 Å². The summed E-state index contributed by atoms with van der Waals surface area (Å²) in [5.41, 5.74) is 1.74. The number of halogens is 2. The average Bonchev–Trinajstić information content (AvgIpc) is 2.78. The molecule has 0 aliphatic carbocycles. The molecule has 1 amide bonds. The zero-order chi connectivity index (χ0) is 27.6. The predicted octanol–water partition coefficient (Wildman–Crippen LogP) is 5.50. The van der Waals surface area contributed by atoms with Gasteiger partial charge in [-0.1, -0.05) is 56.1 Å². The number of anilines is 3. The minimum absolute atomic E-state index is 0.0618. The maximum Gasteiger partial charge on any atom is 0.261 e. The Hall–Kier alpha value is -2.79. The summed E-state index contributed by atoms with van der Waals surface area (Å²) in [7, 11) is -7.71. The standard InChI is InChI=1S/C25H27Cl2N3O5S2/c1-25(2,3)17-5-10-20(11-6-17)30(36(4,32)33)16-24(31)28-19-8-12-21(13-9-19)37(34,35)29-23-14-7-18(26)15-22(23)27/h5-15,29H,16H2,1-4H3,(H,28,31). The maximum absolute atomic E-state index is 12.7. The van der Waals surface area contributed by atoms with E-state index in [1.165, 1.54) is 42.5 Å². The van der Waals surface area contributed by atoms with Crippen LogP contribution in [0.4, 0.5) is 17.1 Å². The Morgan fingerprint density at radius 3 is 2.00 bits per heavy atom. The van der Waals surface area contributed by atoms with Crippen molar-refractivity contribution in [2.24, 2.45) is 0 Å². The van der Waals surface area contributed by atoms with Crippen LogP contribution in [-0.2, 0) is 30.3 Å². The molecule has 0 aliphatic heterocycles. The van der Waals surface area contributed by atoms with Crippen LogP contribution in [0.5, 0.6) is 0 Å². The first-order chi connectivity index (χ1) is 17.1. The number of hydrogen-bond acceptors (Lipinski definition) is 5. The fourth-order valence-corrected chi connectivity index (χ4v) is 5.80. The van der Waals surface area contributed by atoms with Crippen LogP contribution in [0.3, 0.4) is 0 Å². The average molecular weight is 585 g/mol. The molecule has 0 saturated carbocycles. The van der Waals surface area contributed by atoms with Crippen molar-refractivity contribution in [2.45, 2.75) is 31.1 Å². The van der Waals surface area contributed by atoms with E-state index >= 15 is 0 Å². The monoisotopic (exact) mass is 583 g/mol. The van der Waals surface area contributed by atoms with Crippen molar-refractivity contribution in [3.05, 3.63) is 82.3 Å². The van der Waals surface area contributed by atoms with Crippen molar-refractivity contribution in [3.63, 3.8) is 0 Å². The van der Waals surface area contributed by atoms with E-state index in [0.29, 0.717) is 16.4 Å². The molecule has 0 aromatic heterocycles. The first-order valence-electron chi connectivity index (χ1n) is 11.0. The fourth-order valence-electron chi connectivity index (χ4n) is 3.35. The molecule has 8 nitrogen and oxygen atoms in total. The van der Waals surface area contributed by atoms with Gasteiger partial charge in [0.15, 0.2) is 0 Å². The third-order valence-corrected chi connectivity index (χ3v) is 8.40. The van der Waals surface area contributed by atoms with Gasteiger partial charge in [0.25, 0.3) is 10.0 Å². The Morgan fingerprint density at radius 1 is 0.892 bits per heavy atom. The highest BCUT2D eigenvalue weighted by molar-refractivity contribution is 7.92. The summed E-state index contributed by atoms with van der Waals surface area (Å²) in [6.45, 7) is 5.68. The number of carbonyl (C=O) groups excluding carboxylic acids is 1. The summed E-state index contributed by atoms with van der Waals surface area (Å²) in [4.78, 5) is 12.6. The van der Waals surface area contributed by atoms with Crippen LogP contribution in [0, 0.1) is 0 Å². The van der Waals surface area contributed by atoms with Crippen molar-refractivity contribution in [1.82, 2.24) is 0 Å². The summed E-state index contributed by atoms with van der Waals surface area (Å²) < 4.78 is 53.6. The van der Waals surface area contributed by atoms with Crippen LogP contribution in [0.25, 0.3) is 0 Å². The highest BCUT2D eigenvalue weighted by Crippen LogP contribution is 2.28. The number of benzene rings is 3. The van der Waals surface area contributed by atoms with Gasteiger partial charge in [-0.2, -0.15) is 0 Å². The SMILES string of the molecule is CC(C)(C)c1ccc(N(CC(=O)Nc2ccc(S(=O)(=O)Nc3ccc(Cl)cc3Cl)cc2)S(C)(=O)=O)cc1. The summed E-state index contributed by atoms with van der Waals surface area (Å²) in [5, 5.41) is 3.10. The molecule has 0 spiro atoms. The molecule has 0 saturated heterocycles. The second-order valence-electron chi connectivity index (χ2n) is 9.37. The first kappa shape index (κ1) is 28.8. The zero-order valence-corrected chi connectivity index (χ0v) is 23.8. The lowest BCUT2D eigenvalue weighted by atomic mass is 9.87. The molecule has 0 radical (unpaired) electrons. The minimum atomic E-state index is -3.96. The molecule has 0 fully saturated rings. The van der Waals surface area contributed by atoms with E-state index < -0.39 is 32.5 Å². The summed E-state index contributed by atoms with van der Waals surface area (Å²) in [6, 6.07) is 16.8. The van der Waals surface area contributed by atoms with E-state index in [2.05, 4.69) is 10.0 Å². The minimum Gasteiger partial charge on any atom is -0.325 e. The van der Waals surface area contributed by atoms with Gasteiger partial charge in [-0.25, -0.2) is 16.8 Å². The Bertz CT molecular complexity index is 1500. The van der Waals surface area contributed by atoms with Crippen LogP contribution in [0.2, 0.25) is 10.0 Å². The molecule has 3 aromatic rings. The second kappa shape index (κ2) is 10.9. The Labute approximate surface area is 227 Å². The fraction of sp³-hybridized carbons (Fsp3) is 0.240. The van der Waals surface area contributed by atoms with E-state index in [9.17, 15) is 21.6 Å². The third kappa shape index (κ3) is 7.61. The summed E-state index contributed by atoms with van der Waals surface area (Å²) >= 11 is 11.9. The Morgan fingerprint density at radius 2 is 1.49 bits per heavy atom. The number of hydrogen-bond donors (Lipinski definition) is 2. The topological polar surface area (TPSA) is 113 Å². The molecule has 0 heterocycles. The predicted molar refractivity (Wildman–Crippen MR) is 150 cm³/mol. The number of amides is 1. The lowest BCUT2D eigenvalue weighted by molar-refractivity contribution is -0.114. The third-order valence-electron chi connectivity index (χ3n) is 5.33. The second-order valence-corrected chi connectivity index (χ2v) is 13.8. The lowest BCUT2D eigenvalue weighted by Gasteiger charge is -2.24. The maximum atomic E-state index is 12.7. The summed E-state index contributed by atoms with van der Waals surface area (Å²) in [6.07, 6.45) is 1.03. The van der Waals surface area contributed by atoms with Gasteiger partial charge in [0.2, 0.25) is 15.9 Å². The lowest BCUT2D eigenvalue weighted by Crippen LogP contribution is -2.37. The normalized spacial score (nSPS) is 12.2. The largest absolute Gasteiger partial charge is 0.325 e. The molecule has 3 aromatic carbocycles. The quantitative estimate of drug-likeness (QED) is 0.363. The van der Waals surface area contributed by atoms with Crippen molar-refractivity contribution in [3.8, 4) is 0 Å². The van der Waals surface area contributed by atoms with Gasteiger partial charge < -0.3 is 5.32 Å². The van der Waals surface area contributed by atoms with Crippen molar-refractivity contribution in [1.29, 1.82) is 0 Å². The van der Waals surface area contributed by atoms with Crippen LogP contribution in [-0.4, -0.2) is 35.5 Å². The van der Waals surface area contributed by atoms with Gasteiger partial charge in [-0.3, -0.25) is 13.8 Å². The smallest absolute Gasteiger partial charge is 0.261 e. The van der Waals surface area contributed by atoms with Crippen molar-refractivity contribution >= 4 is 66.2 Å². The van der Waals surface area contributed by atoms with Gasteiger partial charge in [-0.15, -0.1) is 0 Å². The number of nitrogens with zero attached hydrogens (tertiary/aromatic N) is 1. The van der Waals surface area contributed by atoms with Crippen molar-refractivity contribution in [2.75, 3.05) is 27.1 Å². The van der Waals surface area contributed by atoms with Gasteiger partial charge in [-0.05, 0) is 65.6 Å². The van der Waals surface area contributed by atoms with Crippen LogP contribution in [0.15, 0.2) is 71.6 Å². The first-order valence-corrected chi connectivity index (χ1v) is 15.1. The van der Waals surface area contributed by atoms with E-state index in [4.69, 9.17) is 23.2 Å². The molecule has 0 atom stereocenters. The molecule has 37 heavy (non-hydrogen) atoms. The van der Waals surface area contributed by atoms with E-state index in [1.807, 2.05) is 32.9 Å². The highest BCUT2D eigenvalue weighted by atomic mass is 35.5. The molecule has 12 heteroatoms. The summed E-state index contributed by atoms with van der Waals surface area (Å²) in [5.74, 6) is -0.591. The van der Waals surface area contributed by atoms with Crippen molar-refractivity contribution < 1.29 is 21.6 Å². The highest BCUT2D eigenvalue weighted by Gasteiger charge is 2.22. The van der Waals surface area contributed by atoms with Gasteiger partial charge in [0.05, 0.1) is 27.5 Å². The van der Waals surface area contributed by atoms with E-state index in [0.717, 1.165) is 16.1 Å². The molecule has 0 unspecified atom stereocenters. The Kier molecular flexibility index (Phi) is 8.48. The molecule has 2 N–H and O–H groups in total. The number of rotatable bonds is 8. The Balaban J connectivity index is 1.72. The van der Waals surface area contributed by atoms with Crippen LogP contribution >= 0.6 is 23.2 Å². The van der Waals surface area contributed by atoms with Gasteiger partial charge in [0, 0.05) is 10.7 Å².